The van der Waals surface area contributed by atoms with Gasteiger partial charge in [-0.05, 0) is 13.8 Å². The molecule has 2 saturated heterocycles. The molecule has 92 valence electrons. The minimum absolute atomic E-state index is 0.136. The summed E-state index contributed by atoms with van der Waals surface area (Å²) < 4.78 is 17.0. The lowest BCUT2D eigenvalue weighted by Crippen LogP contribution is -2.34. The molecule has 0 bridgehead atoms. The molecule has 1 amide bonds. The Morgan fingerprint density at radius 1 is 1.25 bits per heavy atom. The van der Waals surface area contributed by atoms with E-state index in [1.54, 1.807) is 0 Å². The van der Waals surface area contributed by atoms with Crippen LogP contribution in [-0.4, -0.2) is 42.7 Å². The average Bonchev–Trinajstić information content (AvgIpc) is 2.60. The smallest absolute Gasteiger partial charge is 0.220 e. The third-order valence-corrected chi connectivity index (χ3v) is 2.88. The van der Waals surface area contributed by atoms with Crippen molar-refractivity contribution in [2.24, 2.45) is 11.5 Å². The van der Waals surface area contributed by atoms with Gasteiger partial charge in [0.2, 0.25) is 5.91 Å². The molecule has 4 atom stereocenters. The zero-order valence-electron chi connectivity index (χ0n) is 9.51. The van der Waals surface area contributed by atoms with Crippen LogP contribution in [0.15, 0.2) is 0 Å². The molecule has 0 aromatic carbocycles. The first-order valence-corrected chi connectivity index (χ1v) is 5.42. The van der Waals surface area contributed by atoms with E-state index in [4.69, 9.17) is 25.7 Å². The number of ether oxygens (including phenoxy) is 3. The molecular weight excluding hydrogens is 212 g/mol. The highest BCUT2D eigenvalue weighted by Crippen LogP contribution is 2.39. The molecular formula is C10H18N2O4. The summed E-state index contributed by atoms with van der Waals surface area (Å²) in [6.07, 6.45) is -0.897. The molecule has 0 aromatic rings. The first kappa shape index (κ1) is 11.8. The van der Waals surface area contributed by atoms with Crippen molar-refractivity contribution in [3.63, 3.8) is 0 Å². The molecule has 16 heavy (non-hydrogen) atoms. The number of hydrogen-bond acceptors (Lipinski definition) is 5. The van der Waals surface area contributed by atoms with Gasteiger partial charge in [-0.2, -0.15) is 0 Å². The normalized spacial score (nSPS) is 40.9. The maximum atomic E-state index is 10.9. The van der Waals surface area contributed by atoms with Crippen molar-refractivity contribution in [2.75, 3.05) is 6.54 Å². The van der Waals surface area contributed by atoms with Gasteiger partial charge in [0.05, 0.1) is 18.6 Å². The van der Waals surface area contributed by atoms with Gasteiger partial charge in [0, 0.05) is 6.54 Å². The molecule has 0 unspecified atom stereocenters. The lowest BCUT2D eigenvalue weighted by molar-refractivity contribution is -0.186. The topological polar surface area (TPSA) is 96.8 Å². The first-order valence-electron chi connectivity index (χ1n) is 5.42. The molecule has 4 N–H and O–H groups in total. The molecule has 2 aliphatic rings. The van der Waals surface area contributed by atoms with Crippen LogP contribution in [0.25, 0.3) is 0 Å². The van der Waals surface area contributed by atoms with Crippen LogP contribution in [0.5, 0.6) is 0 Å². The van der Waals surface area contributed by atoms with E-state index in [9.17, 15) is 4.79 Å². The number of carbonyl (C=O) groups is 1. The number of amides is 1. The second-order valence-corrected chi connectivity index (χ2v) is 4.68. The van der Waals surface area contributed by atoms with E-state index in [0.29, 0.717) is 6.54 Å². The third-order valence-electron chi connectivity index (χ3n) is 2.88. The average molecular weight is 230 g/mol. The fourth-order valence-electron chi connectivity index (χ4n) is 2.32. The van der Waals surface area contributed by atoms with Gasteiger partial charge in [-0.3, -0.25) is 4.79 Å². The number of primary amides is 1. The van der Waals surface area contributed by atoms with Crippen LogP contribution in [0.2, 0.25) is 0 Å². The van der Waals surface area contributed by atoms with Gasteiger partial charge < -0.3 is 25.7 Å². The maximum absolute atomic E-state index is 10.9. The molecule has 6 heteroatoms. The van der Waals surface area contributed by atoms with Gasteiger partial charge in [0.15, 0.2) is 5.79 Å². The van der Waals surface area contributed by atoms with Gasteiger partial charge >= 0.3 is 0 Å². The van der Waals surface area contributed by atoms with E-state index < -0.39 is 11.7 Å². The van der Waals surface area contributed by atoms with Crippen LogP contribution >= 0.6 is 0 Å². The van der Waals surface area contributed by atoms with Crippen molar-refractivity contribution >= 4 is 5.91 Å². The van der Waals surface area contributed by atoms with Gasteiger partial charge in [-0.15, -0.1) is 0 Å². The molecule has 0 spiro atoms. The van der Waals surface area contributed by atoms with Crippen LogP contribution in [0.3, 0.4) is 0 Å². The summed E-state index contributed by atoms with van der Waals surface area (Å²) in [5.41, 5.74) is 10.8. The van der Waals surface area contributed by atoms with Crippen LogP contribution in [0.4, 0.5) is 0 Å². The van der Waals surface area contributed by atoms with Crippen LogP contribution in [0, 0.1) is 0 Å². The Hall–Kier alpha value is -0.690. The molecule has 2 fully saturated rings. The standard InChI is InChI=1S/C10H18N2O4/c1-10(2)15-8-5(3-7(12)13)14-6(4-11)9(8)16-10/h5-6,8-9H,3-4,11H2,1-2H3,(H2,12,13)/t5-,6+,8-,9+/m0/s1. The second-order valence-electron chi connectivity index (χ2n) is 4.68. The Bertz CT molecular complexity index is 295. The zero-order chi connectivity index (χ0) is 11.9. The number of nitrogens with two attached hydrogens (primary N) is 2. The van der Waals surface area contributed by atoms with Crippen LogP contribution in [-0.2, 0) is 19.0 Å². The summed E-state index contributed by atoms with van der Waals surface area (Å²) in [7, 11) is 0. The minimum Gasteiger partial charge on any atom is -0.370 e. The predicted molar refractivity (Wildman–Crippen MR) is 55.4 cm³/mol. The molecule has 0 aliphatic carbocycles. The SMILES string of the molecule is CC1(C)O[C@@H]2[C@H](O1)[C@@H](CN)O[C@H]2CC(N)=O. The predicted octanol–water partition coefficient (Wildman–Crippen LogP) is -0.892. The Balaban J connectivity index is 2.11. The van der Waals surface area contributed by atoms with E-state index in [-0.39, 0.29) is 30.8 Å². The summed E-state index contributed by atoms with van der Waals surface area (Å²) in [6, 6.07) is 0. The number of carbonyl (C=O) groups excluding carboxylic acids is 1. The summed E-state index contributed by atoms with van der Waals surface area (Å²) in [4.78, 5) is 10.9. The van der Waals surface area contributed by atoms with E-state index >= 15 is 0 Å². The molecule has 0 saturated carbocycles. The van der Waals surface area contributed by atoms with Crippen molar-refractivity contribution in [3.8, 4) is 0 Å². The largest absolute Gasteiger partial charge is 0.370 e. The van der Waals surface area contributed by atoms with E-state index in [0.717, 1.165) is 0 Å². The summed E-state index contributed by atoms with van der Waals surface area (Å²) >= 11 is 0. The minimum atomic E-state index is -0.650. The van der Waals surface area contributed by atoms with Crippen LogP contribution < -0.4 is 11.5 Å². The van der Waals surface area contributed by atoms with Gasteiger partial charge in [-0.25, -0.2) is 0 Å². The monoisotopic (exact) mass is 230 g/mol. The van der Waals surface area contributed by atoms with Crippen molar-refractivity contribution in [2.45, 2.75) is 50.5 Å². The number of hydrogen-bond donors (Lipinski definition) is 2. The highest BCUT2D eigenvalue weighted by molar-refractivity contribution is 5.74. The second kappa shape index (κ2) is 3.96. The summed E-state index contributed by atoms with van der Waals surface area (Å²) in [5.74, 6) is -1.06. The Morgan fingerprint density at radius 2 is 1.81 bits per heavy atom. The van der Waals surface area contributed by atoms with Crippen molar-refractivity contribution in [1.29, 1.82) is 0 Å². The first-order chi connectivity index (χ1) is 7.43. The van der Waals surface area contributed by atoms with Crippen molar-refractivity contribution in [1.82, 2.24) is 0 Å². The number of rotatable bonds is 3. The molecule has 2 rings (SSSR count). The summed E-state index contributed by atoms with van der Waals surface area (Å²) in [5, 5.41) is 0. The fourth-order valence-corrected chi connectivity index (χ4v) is 2.32. The Morgan fingerprint density at radius 3 is 2.31 bits per heavy atom. The maximum Gasteiger partial charge on any atom is 0.220 e. The number of fused-ring (bicyclic) bond motifs is 1. The van der Waals surface area contributed by atoms with Gasteiger partial charge in [0.25, 0.3) is 0 Å². The van der Waals surface area contributed by atoms with E-state index in [2.05, 4.69) is 0 Å². The third kappa shape index (κ3) is 2.06. The lowest BCUT2D eigenvalue weighted by atomic mass is 10.1. The van der Waals surface area contributed by atoms with Crippen LogP contribution in [0.1, 0.15) is 20.3 Å². The molecule has 2 aliphatic heterocycles. The van der Waals surface area contributed by atoms with E-state index in [1.165, 1.54) is 0 Å². The zero-order valence-corrected chi connectivity index (χ0v) is 9.51. The fraction of sp³-hybridized carbons (Fsp3) is 0.900. The van der Waals surface area contributed by atoms with Gasteiger partial charge in [0.1, 0.15) is 12.2 Å². The van der Waals surface area contributed by atoms with E-state index in [1.807, 2.05) is 13.8 Å². The van der Waals surface area contributed by atoms with Crippen molar-refractivity contribution < 1.29 is 19.0 Å². The van der Waals surface area contributed by atoms with Crippen molar-refractivity contribution in [3.05, 3.63) is 0 Å². The van der Waals surface area contributed by atoms with Gasteiger partial charge in [-0.1, -0.05) is 0 Å². The lowest BCUT2D eigenvalue weighted by Gasteiger charge is -2.23. The summed E-state index contributed by atoms with van der Waals surface area (Å²) in [6.45, 7) is 4.01. The molecule has 0 radical (unpaired) electrons. The Kier molecular flexibility index (Phi) is 2.91. The molecule has 6 nitrogen and oxygen atoms in total. The Labute approximate surface area is 94.2 Å². The molecule has 2 heterocycles. The highest BCUT2D eigenvalue weighted by Gasteiger charge is 2.54. The molecule has 0 aromatic heterocycles. The highest BCUT2D eigenvalue weighted by atomic mass is 16.8. The quantitative estimate of drug-likeness (QED) is 0.655.